The lowest BCUT2D eigenvalue weighted by atomic mass is 10.2. The molecule has 0 radical (unpaired) electrons. The SMILES string of the molecule is Cc1cccnc1C(=O)N1CCOC(C#N)C1. The Kier molecular flexibility index (Phi) is 3.35. The van der Waals surface area contributed by atoms with Gasteiger partial charge in [0.15, 0.2) is 6.10 Å². The number of nitrogens with zero attached hydrogens (tertiary/aromatic N) is 3. The molecule has 0 spiro atoms. The van der Waals surface area contributed by atoms with Gasteiger partial charge >= 0.3 is 0 Å². The van der Waals surface area contributed by atoms with Gasteiger partial charge in [0.2, 0.25) is 0 Å². The van der Waals surface area contributed by atoms with E-state index in [4.69, 9.17) is 10.00 Å². The van der Waals surface area contributed by atoms with E-state index in [1.807, 2.05) is 19.1 Å². The van der Waals surface area contributed by atoms with E-state index in [0.29, 0.717) is 25.4 Å². The molecule has 1 amide bonds. The molecule has 0 aromatic carbocycles. The second-order valence-corrected chi connectivity index (χ2v) is 3.91. The van der Waals surface area contributed by atoms with Crippen LogP contribution in [-0.2, 0) is 4.74 Å². The van der Waals surface area contributed by atoms with E-state index in [1.54, 1.807) is 17.2 Å². The van der Waals surface area contributed by atoms with Crippen molar-refractivity contribution < 1.29 is 9.53 Å². The third kappa shape index (κ3) is 2.43. The van der Waals surface area contributed by atoms with E-state index >= 15 is 0 Å². The summed E-state index contributed by atoms with van der Waals surface area (Å²) < 4.78 is 5.20. The van der Waals surface area contributed by atoms with Crippen molar-refractivity contribution in [2.75, 3.05) is 19.7 Å². The highest BCUT2D eigenvalue weighted by Crippen LogP contribution is 2.11. The Hall–Kier alpha value is -1.93. The zero-order valence-corrected chi connectivity index (χ0v) is 9.59. The minimum atomic E-state index is -0.531. The number of morpholine rings is 1. The van der Waals surface area contributed by atoms with Crippen molar-refractivity contribution in [1.29, 1.82) is 5.26 Å². The molecule has 1 aliphatic rings. The van der Waals surface area contributed by atoms with E-state index in [0.717, 1.165) is 5.56 Å². The molecule has 0 saturated carbocycles. The van der Waals surface area contributed by atoms with Crippen molar-refractivity contribution >= 4 is 5.91 Å². The molecule has 1 unspecified atom stereocenters. The van der Waals surface area contributed by atoms with E-state index in [9.17, 15) is 4.79 Å². The quantitative estimate of drug-likeness (QED) is 0.715. The van der Waals surface area contributed by atoms with Crippen LogP contribution < -0.4 is 0 Å². The summed E-state index contributed by atoms with van der Waals surface area (Å²) in [6, 6.07) is 5.66. The number of nitriles is 1. The summed E-state index contributed by atoms with van der Waals surface area (Å²) in [5, 5.41) is 8.79. The Balaban J connectivity index is 2.16. The number of hydrogen-bond donors (Lipinski definition) is 0. The normalized spacial score (nSPS) is 19.8. The van der Waals surface area contributed by atoms with Crippen molar-refractivity contribution in [3.8, 4) is 6.07 Å². The molecule has 1 fully saturated rings. The number of aromatic nitrogens is 1. The molecule has 0 aliphatic carbocycles. The summed E-state index contributed by atoms with van der Waals surface area (Å²) in [5.74, 6) is -0.133. The minimum Gasteiger partial charge on any atom is -0.360 e. The highest BCUT2D eigenvalue weighted by molar-refractivity contribution is 5.93. The van der Waals surface area contributed by atoms with Gasteiger partial charge in [-0.05, 0) is 18.6 Å². The zero-order chi connectivity index (χ0) is 12.3. The lowest BCUT2D eigenvalue weighted by Gasteiger charge is -2.29. The van der Waals surface area contributed by atoms with Gasteiger partial charge in [-0.2, -0.15) is 5.26 Å². The Morgan fingerprint density at radius 3 is 3.24 bits per heavy atom. The fourth-order valence-electron chi connectivity index (χ4n) is 1.77. The fraction of sp³-hybridized carbons (Fsp3) is 0.417. The number of ether oxygens (including phenoxy) is 1. The van der Waals surface area contributed by atoms with Crippen LogP contribution >= 0.6 is 0 Å². The Bertz CT molecular complexity index is 467. The lowest BCUT2D eigenvalue weighted by Crippen LogP contribution is -2.45. The summed E-state index contributed by atoms with van der Waals surface area (Å²) in [6.07, 6.45) is 1.07. The number of hydrogen-bond acceptors (Lipinski definition) is 4. The van der Waals surface area contributed by atoms with Gasteiger partial charge in [0, 0.05) is 12.7 Å². The molecule has 1 aromatic rings. The summed E-state index contributed by atoms with van der Waals surface area (Å²) in [5.41, 5.74) is 1.29. The summed E-state index contributed by atoms with van der Waals surface area (Å²) in [4.78, 5) is 17.9. The first-order valence-electron chi connectivity index (χ1n) is 5.44. The predicted octanol–water partition coefficient (Wildman–Crippen LogP) is 0.755. The zero-order valence-electron chi connectivity index (χ0n) is 9.59. The van der Waals surface area contributed by atoms with Crippen LogP contribution in [0.25, 0.3) is 0 Å². The van der Waals surface area contributed by atoms with Gasteiger partial charge in [-0.25, -0.2) is 0 Å². The minimum absolute atomic E-state index is 0.133. The van der Waals surface area contributed by atoms with Crippen LogP contribution in [0.1, 0.15) is 16.1 Å². The highest BCUT2D eigenvalue weighted by atomic mass is 16.5. The maximum Gasteiger partial charge on any atom is 0.272 e. The number of pyridine rings is 1. The molecule has 88 valence electrons. The first kappa shape index (κ1) is 11.6. The van der Waals surface area contributed by atoms with E-state index in [2.05, 4.69) is 4.98 Å². The standard InChI is InChI=1S/C12H13N3O2/c1-9-3-2-4-14-11(9)12(16)15-5-6-17-10(7-13)8-15/h2-4,10H,5-6,8H2,1H3. The van der Waals surface area contributed by atoms with Gasteiger partial charge in [0.1, 0.15) is 5.69 Å². The highest BCUT2D eigenvalue weighted by Gasteiger charge is 2.26. The van der Waals surface area contributed by atoms with E-state index < -0.39 is 6.10 Å². The average molecular weight is 231 g/mol. The second kappa shape index (κ2) is 4.93. The monoisotopic (exact) mass is 231 g/mol. The molecular formula is C12H13N3O2. The molecule has 2 heterocycles. The van der Waals surface area contributed by atoms with Crippen molar-refractivity contribution in [3.63, 3.8) is 0 Å². The average Bonchev–Trinajstić information content (AvgIpc) is 2.38. The van der Waals surface area contributed by atoms with Gasteiger partial charge in [-0.15, -0.1) is 0 Å². The third-order valence-corrected chi connectivity index (χ3v) is 2.71. The first-order chi connectivity index (χ1) is 8.22. The summed E-state index contributed by atoms with van der Waals surface area (Å²) >= 11 is 0. The smallest absolute Gasteiger partial charge is 0.272 e. The van der Waals surface area contributed by atoms with Gasteiger partial charge < -0.3 is 9.64 Å². The van der Waals surface area contributed by atoms with Crippen LogP contribution in [-0.4, -0.2) is 41.6 Å². The molecule has 1 aliphatic heterocycles. The topological polar surface area (TPSA) is 66.2 Å². The molecule has 2 rings (SSSR count). The largest absolute Gasteiger partial charge is 0.360 e. The number of aryl methyl sites for hydroxylation is 1. The molecule has 1 saturated heterocycles. The maximum absolute atomic E-state index is 12.2. The molecule has 0 N–H and O–H groups in total. The van der Waals surface area contributed by atoms with Crippen molar-refractivity contribution in [2.45, 2.75) is 13.0 Å². The van der Waals surface area contributed by atoms with Crippen LogP contribution in [0.15, 0.2) is 18.3 Å². The van der Waals surface area contributed by atoms with E-state index in [-0.39, 0.29) is 5.91 Å². The fourth-order valence-corrected chi connectivity index (χ4v) is 1.77. The second-order valence-electron chi connectivity index (χ2n) is 3.91. The number of carbonyl (C=O) groups is 1. The van der Waals surface area contributed by atoms with Crippen molar-refractivity contribution in [2.24, 2.45) is 0 Å². The molecule has 17 heavy (non-hydrogen) atoms. The van der Waals surface area contributed by atoms with Crippen LogP contribution in [0.2, 0.25) is 0 Å². The number of carbonyl (C=O) groups excluding carboxylic acids is 1. The van der Waals surface area contributed by atoms with Crippen molar-refractivity contribution in [3.05, 3.63) is 29.6 Å². The molecular weight excluding hydrogens is 218 g/mol. The predicted molar refractivity (Wildman–Crippen MR) is 60.2 cm³/mol. The third-order valence-electron chi connectivity index (χ3n) is 2.71. The molecule has 5 heteroatoms. The van der Waals surface area contributed by atoms with Gasteiger partial charge in [0.25, 0.3) is 5.91 Å². The van der Waals surface area contributed by atoms with Crippen LogP contribution in [0.3, 0.4) is 0 Å². The number of amides is 1. The lowest BCUT2D eigenvalue weighted by molar-refractivity contribution is 0.00316. The molecule has 5 nitrogen and oxygen atoms in total. The number of rotatable bonds is 1. The van der Waals surface area contributed by atoms with Crippen LogP contribution in [0, 0.1) is 18.3 Å². The van der Waals surface area contributed by atoms with Crippen LogP contribution in [0.5, 0.6) is 0 Å². The molecule has 1 atom stereocenters. The molecule has 1 aromatic heterocycles. The Labute approximate surface area is 99.6 Å². The summed E-state index contributed by atoms with van der Waals surface area (Å²) in [7, 11) is 0. The van der Waals surface area contributed by atoms with Crippen LogP contribution in [0.4, 0.5) is 0 Å². The maximum atomic E-state index is 12.2. The van der Waals surface area contributed by atoms with Gasteiger partial charge in [-0.3, -0.25) is 9.78 Å². The van der Waals surface area contributed by atoms with Gasteiger partial charge in [0.05, 0.1) is 19.2 Å². The first-order valence-corrected chi connectivity index (χ1v) is 5.44. The van der Waals surface area contributed by atoms with Crippen molar-refractivity contribution in [1.82, 2.24) is 9.88 Å². The Morgan fingerprint density at radius 2 is 2.53 bits per heavy atom. The summed E-state index contributed by atoms with van der Waals surface area (Å²) in [6.45, 7) is 3.07. The van der Waals surface area contributed by atoms with E-state index in [1.165, 1.54) is 0 Å². The van der Waals surface area contributed by atoms with Gasteiger partial charge in [-0.1, -0.05) is 6.07 Å². The Morgan fingerprint density at radius 1 is 1.71 bits per heavy atom. The molecule has 0 bridgehead atoms.